The zero-order valence-corrected chi connectivity index (χ0v) is 25.4. The van der Waals surface area contributed by atoms with E-state index < -0.39 is 33.3 Å². The molecular weight excluding hydrogens is 605 g/mol. The lowest BCUT2D eigenvalue weighted by atomic mass is 9.67. The van der Waals surface area contributed by atoms with E-state index in [0.29, 0.717) is 15.1 Å². The van der Waals surface area contributed by atoms with E-state index in [1.165, 1.54) is 24.3 Å². The number of halogens is 3. The van der Waals surface area contributed by atoms with Gasteiger partial charge in [-0.05, 0) is 84.8 Å². The Kier molecular flexibility index (Phi) is 8.46. The Hall–Kier alpha value is -2.58. The molecule has 1 heterocycles. The van der Waals surface area contributed by atoms with Gasteiger partial charge < -0.3 is 10.0 Å². The number of hydrogen-bond acceptors (Lipinski definition) is 4. The topological polar surface area (TPSA) is 91.8 Å². The number of hydrogen-bond donors (Lipinski definition) is 1. The molecule has 0 radical (unpaired) electrons. The number of piperidine rings is 1. The lowest BCUT2D eigenvalue weighted by molar-refractivity contribution is -0.160. The molecule has 3 aromatic carbocycles. The average molecular weight is 635 g/mol. The van der Waals surface area contributed by atoms with Crippen molar-refractivity contribution in [2.45, 2.75) is 55.5 Å². The van der Waals surface area contributed by atoms with Crippen LogP contribution in [0.25, 0.3) is 0 Å². The quantitative estimate of drug-likeness (QED) is 0.264. The largest absolute Gasteiger partial charge is 0.481 e. The SMILES string of the molecule is C[C@]1(CC(=O)O)C[C@H](c2cccc(Cl)c2)[C@@H](c2ccc(Cl)cc2)N(C(CS(=O)(=O)c2ccc(Cl)cc2)C2CC2)C1=O. The minimum absolute atomic E-state index is 0.0389. The van der Waals surface area contributed by atoms with Crippen LogP contribution < -0.4 is 0 Å². The molecule has 6 nitrogen and oxygen atoms in total. The van der Waals surface area contributed by atoms with Gasteiger partial charge in [0.15, 0.2) is 9.84 Å². The predicted molar refractivity (Wildman–Crippen MR) is 160 cm³/mol. The lowest BCUT2D eigenvalue weighted by Crippen LogP contribution is -2.58. The number of rotatable bonds is 9. The van der Waals surface area contributed by atoms with E-state index in [-0.39, 0.29) is 41.2 Å². The van der Waals surface area contributed by atoms with Crippen LogP contribution in [0, 0.1) is 11.3 Å². The van der Waals surface area contributed by atoms with E-state index in [4.69, 9.17) is 34.8 Å². The fraction of sp³-hybridized carbons (Fsp3) is 0.355. The van der Waals surface area contributed by atoms with Gasteiger partial charge in [-0.3, -0.25) is 9.59 Å². The van der Waals surface area contributed by atoms with E-state index in [1.54, 1.807) is 30.0 Å². The van der Waals surface area contributed by atoms with Crippen LogP contribution in [0.5, 0.6) is 0 Å². The van der Waals surface area contributed by atoms with Gasteiger partial charge >= 0.3 is 5.97 Å². The number of amides is 1. The molecule has 10 heteroatoms. The van der Waals surface area contributed by atoms with Crippen molar-refractivity contribution in [1.29, 1.82) is 0 Å². The summed E-state index contributed by atoms with van der Waals surface area (Å²) in [5.41, 5.74) is 0.375. The monoisotopic (exact) mass is 633 g/mol. The van der Waals surface area contributed by atoms with Crippen molar-refractivity contribution >= 4 is 56.5 Å². The number of aliphatic carboxylic acids is 1. The lowest BCUT2D eigenvalue weighted by Gasteiger charge is -2.52. The van der Waals surface area contributed by atoms with E-state index >= 15 is 0 Å². The first-order chi connectivity index (χ1) is 19.4. The van der Waals surface area contributed by atoms with Crippen molar-refractivity contribution in [3.8, 4) is 0 Å². The summed E-state index contributed by atoms with van der Waals surface area (Å²) in [6, 6.07) is 19.3. The van der Waals surface area contributed by atoms with Gasteiger partial charge in [-0.1, -0.05) is 66.0 Å². The third kappa shape index (κ3) is 6.43. The number of carboxylic acid groups (broad SMARTS) is 1. The van der Waals surface area contributed by atoms with Gasteiger partial charge in [0.05, 0.1) is 28.5 Å². The van der Waals surface area contributed by atoms with Gasteiger partial charge in [-0.25, -0.2) is 8.42 Å². The fourth-order valence-electron chi connectivity index (χ4n) is 6.13. The van der Waals surface area contributed by atoms with Gasteiger partial charge in [0.25, 0.3) is 0 Å². The third-order valence-electron chi connectivity index (χ3n) is 8.22. The molecule has 4 atom stereocenters. The molecule has 1 saturated carbocycles. The Labute approximate surface area is 255 Å². The number of nitrogens with zero attached hydrogens (tertiary/aromatic N) is 1. The standard InChI is InChI=1S/C31H30Cl3NO5S/c1-31(17-28(36)37)16-26(21-3-2-4-24(34)15-21)29(20-7-9-22(32)10-8-20)35(30(31)38)27(19-5-6-19)18-41(39,40)25-13-11-23(33)12-14-25/h2-4,7-15,19,26-27,29H,5-6,16-18H2,1H3,(H,36,37)/t26-,27?,29-,31-/m1/s1. The first-order valence-electron chi connectivity index (χ1n) is 13.4. The minimum Gasteiger partial charge on any atom is -0.481 e. The highest BCUT2D eigenvalue weighted by atomic mass is 35.5. The molecule has 2 fully saturated rings. The summed E-state index contributed by atoms with van der Waals surface area (Å²) in [6.07, 6.45) is 1.42. The average Bonchev–Trinajstić information content (AvgIpc) is 3.75. The number of carbonyl (C=O) groups is 2. The first-order valence-corrected chi connectivity index (χ1v) is 16.2. The molecule has 216 valence electrons. The molecule has 1 aliphatic carbocycles. The predicted octanol–water partition coefficient (Wildman–Crippen LogP) is 7.44. The molecule has 0 bridgehead atoms. The maximum Gasteiger partial charge on any atom is 0.304 e. The van der Waals surface area contributed by atoms with Gasteiger partial charge in [0.1, 0.15) is 0 Å². The minimum atomic E-state index is -3.83. The van der Waals surface area contributed by atoms with Crippen LogP contribution in [0.1, 0.15) is 55.7 Å². The smallest absolute Gasteiger partial charge is 0.304 e. The molecule has 41 heavy (non-hydrogen) atoms. The maximum atomic E-state index is 14.5. The molecular formula is C31H30Cl3NO5S. The van der Waals surface area contributed by atoms with Crippen LogP contribution in [0.4, 0.5) is 0 Å². The van der Waals surface area contributed by atoms with Gasteiger partial charge in [0, 0.05) is 27.0 Å². The Morgan fingerprint density at radius 1 is 0.951 bits per heavy atom. The van der Waals surface area contributed by atoms with Crippen LogP contribution in [-0.2, 0) is 19.4 Å². The van der Waals surface area contributed by atoms with Gasteiger partial charge in [0.2, 0.25) is 5.91 Å². The van der Waals surface area contributed by atoms with Gasteiger partial charge in [-0.15, -0.1) is 0 Å². The van der Waals surface area contributed by atoms with Crippen LogP contribution in [0.3, 0.4) is 0 Å². The summed E-state index contributed by atoms with van der Waals surface area (Å²) < 4.78 is 27.5. The zero-order valence-electron chi connectivity index (χ0n) is 22.3. The summed E-state index contributed by atoms with van der Waals surface area (Å²) in [4.78, 5) is 28.4. The first kappa shape index (κ1) is 29.9. The Bertz CT molecular complexity index is 1560. The molecule has 0 aromatic heterocycles. The maximum absolute atomic E-state index is 14.5. The molecule has 1 N–H and O–H groups in total. The van der Waals surface area contributed by atoms with Crippen molar-refractivity contribution in [2.75, 3.05) is 5.75 Å². The fourth-order valence-corrected chi connectivity index (χ4v) is 8.21. The highest BCUT2D eigenvalue weighted by Crippen LogP contribution is 2.54. The molecule has 1 unspecified atom stereocenters. The second kappa shape index (κ2) is 11.6. The van der Waals surface area contributed by atoms with Crippen molar-refractivity contribution in [1.82, 2.24) is 4.90 Å². The van der Waals surface area contributed by atoms with E-state index in [9.17, 15) is 23.1 Å². The molecule has 0 spiro atoms. The summed E-state index contributed by atoms with van der Waals surface area (Å²) in [6.45, 7) is 1.67. The molecule has 1 saturated heterocycles. The van der Waals surface area contributed by atoms with Crippen LogP contribution in [0.15, 0.2) is 77.7 Å². The van der Waals surface area contributed by atoms with E-state index in [0.717, 1.165) is 24.0 Å². The van der Waals surface area contributed by atoms with Crippen molar-refractivity contribution < 1.29 is 23.1 Å². The number of likely N-dealkylation sites (tertiary alicyclic amines) is 1. The highest BCUT2D eigenvalue weighted by molar-refractivity contribution is 7.91. The number of sulfone groups is 1. The van der Waals surface area contributed by atoms with Crippen molar-refractivity contribution in [3.63, 3.8) is 0 Å². The molecule has 2 aliphatic rings. The second-order valence-corrected chi connectivity index (χ2v) is 14.7. The number of carbonyl (C=O) groups excluding carboxylic acids is 1. The van der Waals surface area contributed by atoms with E-state index in [2.05, 4.69) is 0 Å². The number of benzene rings is 3. The number of carboxylic acids is 1. The van der Waals surface area contributed by atoms with Crippen LogP contribution in [-0.4, -0.2) is 42.1 Å². The molecule has 3 aromatic rings. The van der Waals surface area contributed by atoms with Crippen LogP contribution in [0.2, 0.25) is 15.1 Å². The molecule has 1 amide bonds. The second-order valence-electron chi connectivity index (χ2n) is 11.3. The Morgan fingerprint density at radius 3 is 2.12 bits per heavy atom. The highest BCUT2D eigenvalue weighted by Gasteiger charge is 2.55. The summed E-state index contributed by atoms with van der Waals surface area (Å²) >= 11 is 18.6. The molecule has 5 rings (SSSR count). The van der Waals surface area contributed by atoms with E-state index in [1.807, 2.05) is 30.3 Å². The van der Waals surface area contributed by atoms with Crippen molar-refractivity contribution in [3.05, 3.63) is 99.0 Å². The Morgan fingerprint density at radius 2 is 1.56 bits per heavy atom. The Balaban J connectivity index is 1.68. The van der Waals surface area contributed by atoms with Gasteiger partial charge in [-0.2, -0.15) is 0 Å². The summed E-state index contributed by atoms with van der Waals surface area (Å²) in [5.74, 6) is -2.13. The van der Waals surface area contributed by atoms with Crippen LogP contribution >= 0.6 is 34.8 Å². The third-order valence-corrected chi connectivity index (χ3v) is 10.7. The molecule has 1 aliphatic heterocycles. The normalized spacial score (nSPS) is 23.8. The summed E-state index contributed by atoms with van der Waals surface area (Å²) in [7, 11) is -3.83. The summed E-state index contributed by atoms with van der Waals surface area (Å²) in [5, 5.41) is 11.3. The van der Waals surface area contributed by atoms with Crippen molar-refractivity contribution in [2.24, 2.45) is 11.3 Å². The zero-order chi connectivity index (χ0) is 29.5.